The number of aromatic nitrogens is 4. The van der Waals surface area contributed by atoms with Crippen molar-refractivity contribution in [3.05, 3.63) is 69.3 Å². The number of carbonyl (C=O) groups is 6. The van der Waals surface area contributed by atoms with Crippen LogP contribution in [0.2, 0.25) is 0 Å². The van der Waals surface area contributed by atoms with Gasteiger partial charge in [0.15, 0.2) is 11.6 Å². The third kappa shape index (κ3) is 6.84. The average Bonchev–Trinajstić information content (AvgIpc) is 3.73. The summed E-state index contributed by atoms with van der Waals surface area (Å²) in [6, 6.07) is 6.51. The van der Waals surface area contributed by atoms with Gasteiger partial charge in [0.05, 0.1) is 63.5 Å². The summed E-state index contributed by atoms with van der Waals surface area (Å²) in [4.78, 5) is 94.4. The van der Waals surface area contributed by atoms with Crippen molar-refractivity contribution in [1.82, 2.24) is 19.9 Å². The Labute approximate surface area is 299 Å². The number of H-pyrrole nitrogens is 2. The summed E-state index contributed by atoms with van der Waals surface area (Å²) in [6.45, 7) is 6.88. The summed E-state index contributed by atoms with van der Waals surface area (Å²) >= 11 is 0. The number of methoxy groups -OCH3 is 4. The molecule has 0 saturated heterocycles. The van der Waals surface area contributed by atoms with E-state index in [1.165, 1.54) is 34.5 Å². The highest BCUT2D eigenvalue weighted by Gasteiger charge is 2.48. The van der Waals surface area contributed by atoms with E-state index in [1.54, 1.807) is 26.0 Å². The van der Waals surface area contributed by atoms with Gasteiger partial charge >= 0.3 is 23.9 Å². The molecule has 2 aliphatic heterocycles. The van der Waals surface area contributed by atoms with Crippen LogP contribution in [0.3, 0.4) is 0 Å². The molecular formula is C38H42N4O10. The van der Waals surface area contributed by atoms with Crippen LogP contribution in [0.5, 0.6) is 0 Å². The van der Waals surface area contributed by atoms with Crippen LogP contribution in [-0.2, 0) is 61.8 Å². The topological polar surface area (TPSA) is 197 Å². The number of ether oxygens (including phenoxy) is 4. The van der Waals surface area contributed by atoms with Crippen molar-refractivity contribution in [2.45, 2.75) is 77.0 Å². The zero-order valence-corrected chi connectivity index (χ0v) is 30.5. The second kappa shape index (κ2) is 14.5. The molecule has 0 unspecified atom stereocenters. The van der Waals surface area contributed by atoms with Gasteiger partial charge in [-0.05, 0) is 87.1 Å². The van der Waals surface area contributed by atoms with Gasteiger partial charge in [-0.15, -0.1) is 0 Å². The molecular weight excluding hydrogens is 672 g/mol. The first-order valence-electron chi connectivity index (χ1n) is 16.7. The van der Waals surface area contributed by atoms with Crippen LogP contribution in [0.4, 0.5) is 0 Å². The lowest BCUT2D eigenvalue weighted by molar-refractivity contribution is -0.142. The third-order valence-electron chi connectivity index (χ3n) is 10.2. The molecule has 52 heavy (non-hydrogen) atoms. The van der Waals surface area contributed by atoms with Gasteiger partial charge in [0.2, 0.25) is 0 Å². The molecule has 8 bridgehead atoms. The van der Waals surface area contributed by atoms with Crippen molar-refractivity contribution in [3.63, 3.8) is 0 Å². The maximum Gasteiger partial charge on any atom is 0.306 e. The second-order valence-electron chi connectivity index (χ2n) is 13.4. The summed E-state index contributed by atoms with van der Waals surface area (Å²) in [5, 5.41) is 0. The number of carbonyl (C=O) groups excluding carboxylic acids is 6. The molecule has 14 nitrogen and oxygen atoms in total. The van der Waals surface area contributed by atoms with Gasteiger partial charge in [0.1, 0.15) is 11.4 Å². The normalized spacial score (nSPS) is 18.2. The number of aromatic amines is 2. The minimum absolute atomic E-state index is 0.0241. The predicted molar refractivity (Wildman–Crippen MR) is 188 cm³/mol. The monoisotopic (exact) mass is 714 g/mol. The number of fused-ring (bicyclic) bond motifs is 8. The third-order valence-corrected chi connectivity index (χ3v) is 10.2. The number of esters is 4. The molecule has 0 saturated carbocycles. The summed E-state index contributed by atoms with van der Waals surface area (Å²) in [6.07, 6.45) is 0.104. The first-order chi connectivity index (χ1) is 24.6. The molecule has 0 aromatic carbocycles. The Balaban J connectivity index is 1.94. The zero-order chi connectivity index (χ0) is 38.1. The number of ketones is 2. The highest BCUT2D eigenvalue weighted by Crippen LogP contribution is 2.39. The number of rotatable bonds is 10. The first kappa shape index (κ1) is 37.6. The molecule has 5 heterocycles. The number of hydrogen-bond donors (Lipinski definition) is 2. The van der Waals surface area contributed by atoms with Crippen LogP contribution in [0.1, 0.15) is 94.1 Å². The Morgan fingerprint density at radius 1 is 0.577 bits per heavy atom. The standard InChI is InChI=1S/C38H42N4O10/c1-19-21(9-11-31(43)49-5)25-14-26-22(10-12-32(44)50-6)20(2)24(40-26)15-29-37(3,17-33(45)51-7)36(48)28(42-29)16-30-38(4,18-34(46)52-8)35(47)27(41-30)13-23(19)39-25/h13-16,39-40H,9-12,17-18H2,1-8H3/t37-,38-/m0/s1. The van der Waals surface area contributed by atoms with Crippen LogP contribution in [0, 0.1) is 13.8 Å². The molecule has 0 radical (unpaired) electrons. The lowest BCUT2D eigenvalue weighted by Gasteiger charge is -2.21. The number of aryl methyl sites for hydroxylation is 4. The lowest BCUT2D eigenvalue weighted by atomic mass is 9.78. The fourth-order valence-corrected chi connectivity index (χ4v) is 6.79. The lowest BCUT2D eigenvalue weighted by Crippen LogP contribution is -2.33. The maximum absolute atomic E-state index is 14.2. The molecule has 274 valence electrons. The molecule has 0 aliphatic carbocycles. The van der Waals surface area contributed by atoms with E-state index in [0.717, 1.165) is 22.3 Å². The Morgan fingerprint density at radius 3 is 1.38 bits per heavy atom. The van der Waals surface area contributed by atoms with E-state index in [0.29, 0.717) is 34.9 Å². The fourth-order valence-electron chi connectivity index (χ4n) is 6.79. The molecule has 0 fully saturated rings. The molecule has 14 heteroatoms. The van der Waals surface area contributed by atoms with E-state index in [1.807, 2.05) is 19.9 Å². The van der Waals surface area contributed by atoms with Crippen LogP contribution < -0.4 is 0 Å². The number of Topliss-reactive ketones (excluding diaryl/α,β-unsaturated/α-hetero) is 2. The predicted octanol–water partition coefficient (Wildman–Crippen LogP) is 4.55. The molecule has 0 spiro atoms. The van der Waals surface area contributed by atoms with Gasteiger partial charge < -0.3 is 28.9 Å². The SMILES string of the molecule is COC(=O)CCc1c(C)c2cc3nc(cc4nc(cc5[nH]c(cc1[nH]2)c(CCC(=O)OC)c5C)[C@](C)(CC(=O)OC)C4=O)[C@](C)(CC(=O)OC)C3=O. The molecule has 2 N–H and O–H groups in total. The van der Waals surface area contributed by atoms with Crippen molar-refractivity contribution < 1.29 is 47.7 Å². The molecule has 2 atom stereocenters. The minimum Gasteiger partial charge on any atom is -0.469 e. The fraction of sp³-hybridized carbons (Fsp3) is 0.421. The van der Waals surface area contributed by atoms with Gasteiger partial charge in [-0.2, -0.15) is 0 Å². The van der Waals surface area contributed by atoms with Gasteiger partial charge in [-0.1, -0.05) is 0 Å². The average molecular weight is 715 g/mol. The quantitative estimate of drug-likeness (QED) is 0.220. The van der Waals surface area contributed by atoms with Crippen molar-refractivity contribution >= 4 is 57.5 Å². The van der Waals surface area contributed by atoms with E-state index in [-0.39, 0.29) is 48.5 Å². The highest BCUT2D eigenvalue weighted by atomic mass is 16.5. The van der Waals surface area contributed by atoms with Gasteiger partial charge in [0.25, 0.3) is 0 Å². The van der Waals surface area contributed by atoms with E-state index in [2.05, 4.69) is 15.0 Å². The van der Waals surface area contributed by atoms with E-state index >= 15 is 0 Å². The Bertz CT molecular complexity index is 2180. The smallest absolute Gasteiger partial charge is 0.306 e. The van der Waals surface area contributed by atoms with Gasteiger partial charge in [-0.25, -0.2) is 9.97 Å². The number of nitrogens with zero attached hydrogens (tertiary/aromatic N) is 2. The van der Waals surface area contributed by atoms with Gasteiger partial charge in [-0.3, -0.25) is 28.8 Å². The molecule has 0 amide bonds. The Morgan fingerprint density at radius 2 is 0.962 bits per heavy atom. The van der Waals surface area contributed by atoms with Crippen molar-refractivity contribution in [2.75, 3.05) is 28.4 Å². The van der Waals surface area contributed by atoms with Crippen LogP contribution in [-0.4, -0.2) is 83.8 Å². The van der Waals surface area contributed by atoms with E-state index in [4.69, 9.17) is 23.9 Å². The van der Waals surface area contributed by atoms with Crippen LogP contribution >= 0.6 is 0 Å². The summed E-state index contributed by atoms with van der Waals surface area (Å²) in [7, 11) is 5.08. The molecule has 5 rings (SSSR count). The Kier molecular flexibility index (Phi) is 10.5. The Hall–Kier alpha value is -5.66. The summed E-state index contributed by atoms with van der Waals surface area (Å²) < 4.78 is 19.7. The molecule has 2 aliphatic rings. The molecule has 3 aromatic rings. The second-order valence-corrected chi connectivity index (χ2v) is 13.4. The minimum atomic E-state index is -1.51. The first-order valence-corrected chi connectivity index (χ1v) is 16.7. The van der Waals surface area contributed by atoms with Crippen LogP contribution in [0.15, 0.2) is 24.3 Å². The summed E-state index contributed by atoms with van der Waals surface area (Å²) in [5.41, 5.74) is 2.85. The van der Waals surface area contributed by atoms with Crippen molar-refractivity contribution in [1.29, 1.82) is 0 Å². The number of nitrogens with one attached hydrogen (secondary N) is 2. The van der Waals surface area contributed by atoms with Crippen molar-refractivity contribution in [2.24, 2.45) is 0 Å². The number of hydrogen-bond acceptors (Lipinski definition) is 12. The van der Waals surface area contributed by atoms with E-state index < -0.39 is 46.3 Å². The largest absolute Gasteiger partial charge is 0.469 e. The van der Waals surface area contributed by atoms with Crippen LogP contribution in [0.25, 0.3) is 22.1 Å². The van der Waals surface area contributed by atoms with Gasteiger partial charge in [0, 0.05) is 34.9 Å². The molecule has 3 aromatic heterocycles. The van der Waals surface area contributed by atoms with Crippen molar-refractivity contribution in [3.8, 4) is 0 Å². The maximum atomic E-state index is 14.2. The summed E-state index contributed by atoms with van der Waals surface area (Å²) in [5.74, 6) is -3.06. The highest BCUT2D eigenvalue weighted by molar-refractivity contribution is 6.09. The zero-order valence-electron chi connectivity index (χ0n) is 30.5. The van der Waals surface area contributed by atoms with E-state index in [9.17, 15) is 28.8 Å².